The summed E-state index contributed by atoms with van der Waals surface area (Å²) in [6.07, 6.45) is 7.44. The van der Waals surface area contributed by atoms with Gasteiger partial charge in [-0.05, 0) is 31.2 Å². The molecule has 3 heterocycles. The Morgan fingerprint density at radius 3 is 1.17 bits per heavy atom. The van der Waals surface area contributed by atoms with E-state index in [-0.39, 0.29) is 13.1 Å². The quantitative estimate of drug-likeness (QED) is 0.319. The molecule has 0 spiro atoms. The molecule has 48 heavy (non-hydrogen) atoms. The first kappa shape index (κ1) is 37.4. The molecule has 5 fully saturated rings. The van der Waals surface area contributed by atoms with Crippen molar-refractivity contribution in [2.45, 2.75) is 94.3 Å². The Morgan fingerprint density at radius 2 is 0.875 bits per heavy atom. The molecule has 2 aliphatic carbocycles. The van der Waals surface area contributed by atoms with Crippen LogP contribution >= 0.6 is 16.9 Å². The number of benzene rings is 1. The van der Waals surface area contributed by atoms with Crippen LogP contribution in [0.3, 0.4) is 0 Å². The topological polar surface area (TPSA) is 171 Å². The zero-order valence-electron chi connectivity index (χ0n) is 27.5. The molecular weight excluding hydrogens is 745 g/mol. The van der Waals surface area contributed by atoms with Gasteiger partial charge in [0.15, 0.2) is 0 Å². The molecule has 0 unspecified atom stereocenters. The Bertz CT molecular complexity index is 1580. The standard InChI is InChI=1S/C27H45N5O10P2S4/c1-45(33,34)29-22-14-8-9-15-23(22)30(46(2,35)36)43(29)41-26-19-28(18-21-12-6-5-7-13-21)20-27(26)42-44-31(47(3,37)38)24-16-10-11-17-25(24)32(44)48(4,39)40/h5-7,12-13,22-27H,8-11,14-20H2,1-4H3/t22-,23-,24-,25-,26-,27-/m0/s1. The van der Waals surface area contributed by atoms with Crippen molar-refractivity contribution in [1.29, 1.82) is 0 Å². The minimum absolute atomic E-state index is 0.219. The van der Waals surface area contributed by atoms with Gasteiger partial charge in [0.25, 0.3) is 0 Å². The molecule has 0 aromatic heterocycles. The molecule has 15 nitrogen and oxygen atoms in total. The highest BCUT2D eigenvalue weighted by atomic mass is 32.2. The molecule has 2 saturated carbocycles. The van der Waals surface area contributed by atoms with E-state index >= 15 is 0 Å². The second-order valence-corrected chi connectivity index (χ2v) is 25.1. The first-order valence-corrected chi connectivity index (χ1v) is 25.8. The highest BCUT2D eigenvalue weighted by Gasteiger charge is 2.60. The molecule has 21 heteroatoms. The number of rotatable bonds is 10. The lowest BCUT2D eigenvalue weighted by molar-refractivity contribution is 0.0983. The van der Waals surface area contributed by atoms with Gasteiger partial charge in [0.2, 0.25) is 57.0 Å². The summed E-state index contributed by atoms with van der Waals surface area (Å²) in [5, 5.41) is 0. The van der Waals surface area contributed by atoms with Gasteiger partial charge in [-0.15, -0.1) is 16.3 Å². The summed E-state index contributed by atoms with van der Waals surface area (Å²) >= 11 is 0. The lowest BCUT2D eigenvalue weighted by Gasteiger charge is -2.34. The molecule has 0 radical (unpaired) electrons. The third-order valence-electron chi connectivity index (χ3n) is 9.56. The average Bonchev–Trinajstić information content (AvgIpc) is 3.62. The van der Waals surface area contributed by atoms with E-state index in [1.165, 1.54) is 16.3 Å². The molecule has 6 atom stereocenters. The lowest BCUT2D eigenvalue weighted by Crippen LogP contribution is -2.42. The molecule has 1 aromatic carbocycles. The van der Waals surface area contributed by atoms with Crippen molar-refractivity contribution in [3.63, 3.8) is 0 Å². The van der Waals surface area contributed by atoms with Gasteiger partial charge in [-0.25, -0.2) is 33.7 Å². The first-order valence-electron chi connectivity index (χ1n) is 16.0. The van der Waals surface area contributed by atoms with Crippen LogP contribution in [-0.4, -0.2) is 129 Å². The monoisotopic (exact) mass is 789 g/mol. The van der Waals surface area contributed by atoms with Crippen LogP contribution in [-0.2, 0) is 55.7 Å². The van der Waals surface area contributed by atoms with Crippen LogP contribution in [0, 0.1) is 0 Å². The Balaban J connectivity index is 1.39. The predicted molar refractivity (Wildman–Crippen MR) is 184 cm³/mol. The summed E-state index contributed by atoms with van der Waals surface area (Å²) < 4.78 is 125. The van der Waals surface area contributed by atoms with E-state index in [4.69, 9.17) is 9.05 Å². The Morgan fingerprint density at radius 1 is 0.562 bits per heavy atom. The molecule has 0 bridgehead atoms. The molecule has 5 aliphatic rings. The molecule has 6 rings (SSSR count). The fraction of sp³-hybridized carbons (Fsp3) is 0.778. The van der Waals surface area contributed by atoms with Crippen molar-refractivity contribution in [3.05, 3.63) is 35.9 Å². The smallest absolute Gasteiger partial charge is 0.217 e. The van der Waals surface area contributed by atoms with Gasteiger partial charge >= 0.3 is 0 Å². The minimum atomic E-state index is -3.92. The summed E-state index contributed by atoms with van der Waals surface area (Å²) in [6.45, 7) is 0.900. The van der Waals surface area contributed by atoms with Gasteiger partial charge in [0, 0.05) is 43.8 Å². The normalized spacial score (nSPS) is 32.9. The SMILES string of the molecule is CS(=O)(=O)N1[C@H]2CCCC[C@@H]2N(S(C)(=O)=O)P1O[C@H]1CN(Cc2ccccc2)C[C@@H]1OP1N(S(C)(=O)=O)[C@H]2CCCC[C@@H]2N1S(C)(=O)=O. The fourth-order valence-electron chi connectivity index (χ4n) is 7.81. The van der Waals surface area contributed by atoms with Crippen molar-refractivity contribution in [2.24, 2.45) is 0 Å². The van der Waals surface area contributed by atoms with E-state index in [2.05, 4.69) is 0 Å². The van der Waals surface area contributed by atoms with E-state index < -0.39 is 93.4 Å². The summed E-state index contributed by atoms with van der Waals surface area (Å²) in [4.78, 5) is 2.02. The Labute approximate surface area is 288 Å². The van der Waals surface area contributed by atoms with Crippen LogP contribution < -0.4 is 0 Å². The first-order chi connectivity index (χ1) is 22.4. The number of sulfonamides is 4. The van der Waals surface area contributed by atoms with Gasteiger partial charge in [0.1, 0.15) is 12.2 Å². The van der Waals surface area contributed by atoms with Gasteiger partial charge in [0.05, 0.1) is 25.0 Å². The third kappa shape index (κ3) is 7.55. The van der Waals surface area contributed by atoms with Crippen LogP contribution in [0.5, 0.6) is 0 Å². The summed E-state index contributed by atoms with van der Waals surface area (Å²) in [5.74, 6) is 0. The number of nitrogens with zero attached hydrogens (tertiary/aromatic N) is 5. The number of likely N-dealkylation sites (tertiary alicyclic amines) is 1. The van der Waals surface area contributed by atoms with Gasteiger partial charge in [-0.1, -0.05) is 56.0 Å². The Hall–Kier alpha value is -0.400. The highest BCUT2D eigenvalue weighted by molar-refractivity contribution is 7.98. The molecule has 272 valence electrons. The van der Waals surface area contributed by atoms with E-state index in [0.717, 1.165) is 56.3 Å². The highest BCUT2D eigenvalue weighted by Crippen LogP contribution is 2.64. The second-order valence-electron chi connectivity index (χ2n) is 13.5. The average molecular weight is 790 g/mol. The largest absolute Gasteiger partial charge is 0.323 e. The molecular formula is C27H45N5O10P2S4. The van der Waals surface area contributed by atoms with E-state index in [1.54, 1.807) is 0 Å². The van der Waals surface area contributed by atoms with Crippen LogP contribution in [0.4, 0.5) is 0 Å². The van der Waals surface area contributed by atoms with Crippen molar-refractivity contribution >= 4 is 57.0 Å². The molecule has 1 aromatic rings. The van der Waals surface area contributed by atoms with E-state index in [9.17, 15) is 33.7 Å². The maximum absolute atomic E-state index is 13.3. The van der Waals surface area contributed by atoms with Crippen LogP contribution in [0.15, 0.2) is 30.3 Å². The van der Waals surface area contributed by atoms with Crippen LogP contribution in [0.2, 0.25) is 0 Å². The molecule has 0 N–H and O–H groups in total. The lowest BCUT2D eigenvalue weighted by atomic mass is 9.92. The predicted octanol–water partition coefficient (Wildman–Crippen LogP) is 2.42. The second kappa shape index (κ2) is 13.9. The van der Waals surface area contributed by atoms with Gasteiger partial charge in [-0.2, -0.15) is 0 Å². The summed E-state index contributed by atoms with van der Waals surface area (Å²) in [5.41, 5.74) is 0.984. The molecule has 3 saturated heterocycles. The van der Waals surface area contributed by atoms with Gasteiger partial charge < -0.3 is 9.05 Å². The fourth-order valence-corrected chi connectivity index (χ4v) is 20.2. The third-order valence-corrected chi connectivity index (χ3v) is 22.0. The molecule has 3 aliphatic heterocycles. The van der Waals surface area contributed by atoms with E-state index in [0.29, 0.717) is 32.2 Å². The number of fused-ring (bicyclic) bond motifs is 2. The number of hydrogen-bond donors (Lipinski definition) is 0. The Kier molecular flexibility index (Phi) is 10.8. The maximum atomic E-state index is 13.3. The maximum Gasteiger partial charge on any atom is 0.217 e. The van der Waals surface area contributed by atoms with Crippen molar-refractivity contribution in [1.82, 2.24) is 21.2 Å². The van der Waals surface area contributed by atoms with Crippen molar-refractivity contribution in [3.8, 4) is 0 Å². The summed E-state index contributed by atoms with van der Waals surface area (Å²) in [6, 6.07) is 7.34. The molecule has 0 amide bonds. The minimum Gasteiger partial charge on any atom is -0.323 e. The zero-order chi connectivity index (χ0) is 34.8. The zero-order valence-corrected chi connectivity index (χ0v) is 32.5. The number of hydrogen-bond acceptors (Lipinski definition) is 11. The van der Waals surface area contributed by atoms with Crippen molar-refractivity contribution < 1.29 is 42.7 Å². The van der Waals surface area contributed by atoms with Gasteiger partial charge in [-0.3, -0.25) is 4.90 Å². The van der Waals surface area contributed by atoms with Crippen molar-refractivity contribution in [2.75, 3.05) is 38.1 Å². The summed E-state index contributed by atoms with van der Waals surface area (Å²) in [7, 11) is -20.5. The van der Waals surface area contributed by atoms with Crippen LogP contribution in [0.1, 0.15) is 56.9 Å². The van der Waals surface area contributed by atoms with E-state index in [1.807, 2.05) is 35.2 Å². The van der Waals surface area contributed by atoms with Crippen LogP contribution in [0.25, 0.3) is 0 Å².